The van der Waals surface area contributed by atoms with Crippen molar-refractivity contribution in [2.24, 2.45) is 0 Å². The van der Waals surface area contributed by atoms with Gasteiger partial charge in [0.15, 0.2) is 32.9 Å². The molecule has 0 bridgehead atoms. The largest absolute Gasteiger partial charge is 0.288 e. The highest BCUT2D eigenvalue weighted by molar-refractivity contribution is 7.28. The van der Waals surface area contributed by atoms with E-state index in [0.29, 0.717) is 14.7 Å². The first kappa shape index (κ1) is 17.0. The van der Waals surface area contributed by atoms with Crippen molar-refractivity contribution >= 4 is 50.0 Å². The monoisotopic (exact) mass is 410 g/mol. The van der Waals surface area contributed by atoms with Crippen molar-refractivity contribution in [3.63, 3.8) is 0 Å². The fraction of sp³-hybridized carbons (Fsp3) is 0. The third-order valence-corrected chi connectivity index (χ3v) is 6.34. The zero-order valence-electron chi connectivity index (χ0n) is 13.9. The van der Waals surface area contributed by atoms with Gasteiger partial charge in [-0.05, 0) is 18.2 Å². The Morgan fingerprint density at radius 1 is 0.821 bits per heavy atom. The molecule has 0 spiro atoms. The molecule has 2 heterocycles. The maximum atomic E-state index is 13.4. The number of ketones is 2. The van der Waals surface area contributed by atoms with E-state index in [9.17, 15) is 18.4 Å². The van der Waals surface area contributed by atoms with Crippen LogP contribution in [0.25, 0.3) is 26.3 Å². The van der Waals surface area contributed by atoms with Crippen molar-refractivity contribution in [3.05, 3.63) is 75.8 Å². The minimum absolute atomic E-state index is 0.127. The van der Waals surface area contributed by atoms with E-state index in [1.165, 1.54) is 28.7 Å². The first-order chi connectivity index (χ1) is 13.5. The van der Waals surface area contributed by atoms with Gasteiger partial charge in [-0.1, -0.05) is 53.0 Å². The molecule has 2 aromatic heterocycles. The maximum Gasteiger partial charge on any atom is 0.197 e. The van der Waals surface area contributed by atoms with Gasteiger partial charge in [-0.25, -0.2) is 18.7 Å². The fourth-order valence-electron chi connectivity index (χ4n) is 2.99. The molecule has 136 valence electrons. The summed E-state index contributed by atoms with van der Waals surface area (Å²) in [4.78, 5) is 35.3. The van der Waals surface area contributed by atoms with Crippen molar-refractivity contribution in [2.45, 2.75) is 0 Å². The molecule has 1 aliphatic rings. The van der Waals surface area contributed by atoms with Crippen molar-refractivity contribution in [1.82, 2.24) is 9.97 Å². The van der Waals surface area contributed by atoms with E-state index in [0.717, 1.165) is 22.7 Å². The summed E-state index contributed by atoms with van der Waals surface area (Å²) in [7, 11) is 0. The molecule has 28 heavy (non-hydrogen) atoms. The molecular weight excluding hydrogens is 402 g/mol. The third kappa shape index (κ3) is 2.61. The number of allylic oxidation sites excluding steroid dienone is 1. The third-order valence-electron chi connectivity index (χ3n) is 4.32. The number of carbonyl (C=O) groups excluding carboxylic acids is 2. The summed E-state index contributed by atoms with van der Waals surface area (Å²) in [6.45, 7) is 0. The van der Waals surface area contributed by atoms with E-state index in [4.69, 9.17) is 0 Å². The quantitative estimate of drug-likeness (QED) is 0.338. The molecule has 0 radical (unpaired) electrons. The number of Topliss-reactive ketones (excluding diaryl/α,β-unsaturated/α-hetero) is 2. The molecule has 2 aromatic carbocycles. The Bertz CT molecular complexity index is 1250. The lowest BCUT2D eigenvalue weighted by atomic mass is 10.1. The number of carbonyl (C=O) groups is 2. The summed E-state index contributed by atoms with van der Waals surface area (Å²) in [5.74, 6) is -3.58. The number of hydrogen-bond donors (Lipinski definition) is 0. The molecule has 0 saturated carbocycles. The highest BCUT2D eigenvalue weighted by atomic mass is 32.1. The number of benzene rings is 2. The van der Waals surface area contributed by atoms with Crippen LogP contribution in [-0.2, 0) is 0 Å². The summed E-state index contributed by atoms with van der Waals surface area (Å²) >= 11 is 2.66. The van der Waals surface area contributed by atoms with Crippen molar-refractivity contribution in [2.75, 3.05) is 0 Å². The fourth-order valence-corrected chi connectivity index (χ4v) is 4.99. The highest BCUT2D eigenvalue weighted by Crippen LogP contribution is 2.35. The first-order valence-corrected chi connectivity index (χ1v) is 9.77. The summed E-state index contributed by atoms with van der Waals surface area (Å²) < 4.78 is 26.9. The minimum Gasteiger partial charge on any atom is -0.288 e. The zero-order valence-corrected chi connectivity index (χ0v) is 15.5. The van der Waals surface area contributed by atoms with Crippen molar-refractivity contribution in [1.29, 1.82) is 0 Å². The van der Waals surface area contributed by atoms with Crippen LogP contribution < -0.4 is 0 Å². The smallest absolute Gasteiger partial charge is 0.197 e. The van der Waals surface area contributed by atoms with E-state index < -0.39 is 23.2 Å². The van der Waals surface area contributed by atoms with Crippen molar-refractivity contribution < 1.29 is 18.4 Å². The molecule has 8 heteroatoms. The van der Waals surface area contributed by atoms with Crippen molar-refractivity contribution in [3.8, 4) is 10.6 Å². The van der Waals surface area contributed by atoms with E-state index in [-0.39, 0.29) is 16.7 Å². The Morgan fingerprint density at radius 3 is 2.04 bits per heavy atom. The highest BCUT2D eigenvalue weighted by Gasteiger charge is 2.34. The lowest BCUT2D eigenvalue weighted by molar-refractivity contribution is 0.0990. The molecule has 0 aliphatic heterocycles. The van der Waals surface area contributed by atoms with Crippen LogP contribution in [0, 0.1) is 11.6 Å². The lowest BCUT2D eigenvalue weighted by Gasteiger charge is -1.96. The Balaban J connectivity index is 1.53. The van der Waals surface area contributed by atoms with Gasteiger partial charge < -0.3 is 0 Å². The SMILES string of the molecule is O=C1C(=Cc2nc3sc(-c4ccccc4)nc3s2)C(=O)c2cc(F)c(F)cc21. The molecule has 1 aliphatic carbocycles. The van der Waals surface area contributed by atoms with Crippen LogP contribution in [0.1, 0.15) is 25.7 Å². The maximum absolute atomic E-state index is 13.4. The predicted octanol–water partition coefficient (Wildman–Crippen LogP) is 5.16. The van der Waals surface area contributed by atoms with Gasteiger partial charge in [-0.3, -0.25) is 9.59 Å². The number of rotatable bonds is 2. The van der Waals surface area contributed by atoms with Gasteiger partial charge in [-0.2, -0.15) is 0 Å². The average Bonchev–Trinajstić information content (AvgIpc) is 3.31. The van der Waals surface area contributed by atoms with Gasteiger partial charge in [0.05, 0.1) is 5.57 Å². The second kappa shape index (κ2) is 6.22. The van der Waals surface area contributed by atoms with E-state index in [1.54, 1.807) is 0 Å². The summed E-state index contributed by atoms with van der Waals surface area (Å²) in [6, 6.07) is 11.2. The topological polar surface area (TPSA) is 59.9 Å². The van der Waals surface area contributed by atoms with Crippen LogP contribution in [-0.4, -0.2) is 21.5 Å². The molecule has 0 atom stereocenters. The van der Waals surface area contributed by atoms with Crippen LogP contribution >= 0.6 is 22.7 Å². The van der Waals surface area contributed by atoms with Gasteiger partial charge in [0.25, 0.3) is 0 Å². The molecule has 4 aromatic rings. The normalized spacial score (nSPS) is 13.4. The minimum atomic E-state index is -1.16. The molecule has 0 fully saturated rings. The van der Waals surface area contributed by atoms with Gasteiger partial charge in [0, 0.05) is 16.7 Å². The Hall–Kier alpha value is -3.10. The summed E-state index contributed by atoms with van der Waals surface area (Å²) in [5.41, 5.74) is 0.582. The van der Waals surface area contributed by atoms with Gasteiger partial charge in [0.2, 0.25) is 0 Å². The predicted molar refractivity (Wildman–Crippen MR) is 104 cm³/mol. The molecule has 0 unspecified atom stereocenters. The number of thiazole rings is 2. The average molecular weight is 410 g/mol. The summed E-state index contributed by atoms with van der Waals surface area (Å²) in [5, 5.41) is 1.28. The van der Waals surface area contributed by atoms with E-state index in [1.807, 2.05) is 30.3 Å². The Kier molecular flexibility index (Phi) is 3.78. The van der Waals surface area contributed by atoms with Crippen LogP contribution in [0.5, 0.6) is 0 Å². The number of nitrogens with zero attached hydrogens (tertiary/aromatic N) is 2. The number of fused-ring (bicyclic) bond motifs is 2. The second-order valence-corrected chi connectivity index (χ2v) is 8.06. The second-order valence-electron chi connectivity index (χ2n) is 6.08. The first-order valence-electron chi connectivity index (χ1n) is 8.14. The van der Waals surface area contributed by atoms with Crippen LogP contribution in [0.2, 0.25) is 0 Å². The Labute approximate surface area is 164 Å². The molecule has 0 saturated heterocycles. The molecule has 0 N–H and O–H groups in total. The standard InChI is InChI=1S/C20H8F2N2O2S2/c21-13-6-10-11(7-14(13)22)17(26)12(16(10)25)8-15-23-19-20(27-15)24-18(28-19)9-4-2-1-3-5-9/h1-8H. The summed E-state index contributed by atoms with van der Waals surface area (Å²) in [6.07, 6.45) is 1.36. The Morgan fingerprint density at radius 2 is 1.43 bits per heavy atom. The molecule has 5 rings (SSSR count). The van der Waals surface area contributed by atoms with Crippen LogP contribution in [0.15, 0.2) is 48.0 Å². The molecule has 0 amide bonds. The number of hydrogen-bond acceptors (Lipinski definition) is 6. The zero-order chi connectivity index (χ0) is 19.4. The van der Waals surface area contributed by atoms with Gasteiger partial charge in [-0.15, -0.1) is 0 Å². The van der Waals surface area contributed by atoms with Gasteiger partial charge >= 0.3 is 0 Å². The van der Waals surface area contributed by atoms with E-state index >= 15 is 0 Å². The number of halogens is 2. The van der Waals surface area contributed by atoms with Crippen LogP contribution in [0.3, 0.4) is 0 Å². The van der Waals surface area contributed by atoms with E-state index in [2.05, 4.69) is 9.97 Å². The van der Waals surface area contributed by atoms with Crippen LogP contribution in [0.4, 0.5) is 8.78 Å². The molecule has 4 nitrogen and oxygen atoms in total. The van der Waals surface area contributed by atoms with Gasteiger partial charge in [0.1, 0.15) is 10.0 Å². The molecular formula is C20H8F2N2O2S2. The lowest BCUT2D eigenvalue weighted by Crippen LogP contribution is -2.00. The number of aromatic nitrogens is 2.